The van der Waals surface area contributed by atoms with Gasteiger partial charge in [-0.2, -0.15) is 0 Å². The number of nitrogens with one attached hydrogen (secondary N) is 1. The molecule has 2 rings (SSSR count). The van der Waals surface area contributed by atoms with Crippen molar-refractivity contribution in [3.63, 3.8) is 0 Å². The van der Waals surface area contributed by atoms with E-state index in [9.17, 15) is 4.79 Å². The van der Waals surface area contributed by atoms with E-state index in [-0.39, 0.29) is 0 Å². The van der Waals surface area contributed by atoms with Crippen LogP contribution in [0.25, 0.3) is 0 Å². The zero-order chi connectivity index (χ0) is 13.5. The first-order valence-electron chi connectivity index (χ1n) is 8.28. The number of hydrogen-bond donors (Lipinski definition) is 1. The first-order valence-corrected chi connectivity index (χ1v) is 8.28. The molecule has 2 fully saturated rings. The third kappa shape index (κ3) is 4.79. The van der Waals surface area contributed by atoms with Gasteiger partial charge < -0.3 is 10.2 Å². The van der Waals surface area contributed by atoms with Crippen molar-refractivity contribution in [2.45, 2.75) is 58.3 Å². The Bertz CT molecular complexity index is 274. The highest BCUT2D eigenvalue weighted by Gasteiger charge is 2.21. The van der Waals surface area contributed by atoms with Crippen LogP contribution in [0.2, 0.25) is 0 Å². The van der Waals surface area contributed by atoms with Crippen LogP contribution in [0.1, 0.15) is 58.3 Å². The summed E-state index contributed by atoms with van der Waals surface area (Å²) >= 11 is 0. The lowest BCUT2D eigenvalue weighted by Crippen LogP contribution is -2.32. The average Bonchev–Trinajstić information content (AvgIpc) is 2.82. The molecule has 0 bridgehead atoms. The largest absolute Gasteiger partial charge is 0.343 e. The monoisotopic (exact) mass is 266 g/mol. The molecule has 0 saturated carbocycles. The molecular formula is C16H30N2O. The van der Waals surface area contributed by atoms with Crippen molar-refractivity contribution in [2.75, 3.05) is 26.2 Å². The zero-order valence-electron chi connectivity index (χ0n) is 12.5. The normalized spacial score (nSPS) is 28.4. The molecule has 2 aliphatic rings. The van der Waals surface area contributed by atoms with Crippen LogP contribution in [0.15, 0.2) is 0 Å². The van der Waals surface area contributed by atoms with Crippen molar-refractivity contribution >= 4 is 5.91 Å². The number of amides is 1. The Morgan fingerprint density at radius 1 is 1.16 bits per heavy atom. The van der Waals surface area contributed by atoms with Gasteiger partial charge >= 0.3 is 0 Å². The molecule has 3 heteroatoms. The fourth-order valence-corrected chi connectivity index (χ4v) is 3.56. The van der Waals surface area contributed by atoms with Gasteiger partial charge in [0.2, 0.25) is 5.91 Å². The van der Waals surface area contributed by atoms with Gasteiger partial charge in [-0.3, -0.25) is 4.79 Å². The number of likely N-dealkylation sites (tertiary alicyclic amines) is 1. The van der Waals surface area contributed by atoms with Gasteiger partial charge in [-0.1, -0.05) is 19.8 Å². The molecule has 1 amide bonds. The third-order valence-corrected chi connectivity index (χ3v) is 4.83. The Morgan fingerprint density at radius 3 is 2.79 bits per heavy atom. The smallest absolute Gasteiger partial charge is 0.222 e. The maximum atomic E-state index is 12.3. The zero-order valence-corrected chi connectivity index (χ0v) is 12.5. The van der Waals surface area contributed by atoms with Crippen molar-refractivity contribution in [3.05, 3.63) is 0 Å². The highest BCUT2D eigenvalue weighted by Crippen LogP contribution is 2.23. The van der Waals surface area contributed by atoms with Crippen LogP contribution in [-0.2, 0) is 4.79 Å². The quantitative estimate of drug-likeness (QED) is 0.830. The van der Waals surface area contributed by atoms with Gasteiger partial charge in [0.1, 0.15) is 0 Å². The number of carbonyl (C=O) groups excluding carboxylic acids is 1. The van der Waals surface area contributed by atoms with Gasteiger partial charge in [0, 0.05) is 19.5 Å². The van der Waals surface area contributed by atoms with Gasteiger partial charge in [-0.15, -0.1) is 0 Å². The van der Waals surface area contributed by atoms with Crippen molar-refractivity contribution in [1.82, 2.24) is 10.2 Å². The second kappa shape index (κ2) is 7.88. The standard InChI is InChI=1S/C16H30N2O/c1-2-4-14-5-3-11-18(12-9-14)16(19)7-6-15-8-10-17-13-15/h14-15,17H,2-13H2,1H3. The molecule has 19 heavy (non-hydrogen) atoms. The van der Waals surface area contributed by atoms with Crippen LogP contribution >= 0.6 is 0 Å². The van der Waals surface area contributed by atoms with Crippen LogP contribution < -0.4 is 5.32 Å². The molecule has 3 nitrogen and oxygen atoms in total. The van der Waals surface area contributed by atoms with E-state index >= 15 is 0 Å². The molecule has 2 heterocycles. The first-order chi connectivity index (χ1) is 9.29. The Balaban J connectivity index is 1.69. The molecule has 0 aromatic heterocycles. The maximum absolute atomic E-state index is 12.3. The Hall–Kier alpha value is -0.570. The average molecular weight is 266 g/mol. The van der Waals surface area contributed by atoms with Crippen LogP contribution in [0.3, 0.4) is 0 Å². The summed E-state index contributed by atoms with van der Waals surface area (Å²) in [5, 5.41) is 3.38. The van der Waals surface area contributed by atoms with Crippen molar-refractivity contribution in [2.24, 2.45) is 11.8 Å². The van der Waals surface area contributed by atoms with Crippen molar-refractivity contribution in [1.29, 1.82) is 0 Å². The lowest BCUT2D eigenvalue weighted by atomic mass is 9.96. The van der Waals surface area contributed by atoms with Gasteiger partial charge in [0.25, 0.3) is 0 Å². The van der Waals surface area contributed by atoms with Gasteiger partial charge in [-0.05, 0) is 57.0 Å². The second-order valence-electron chi connectivity index (χ2n) is 6.36. The van der Waals surface area contributed by atoms with Gasteiger partial charge in [0.05, 0.1) is 0 Å². The fourth-order valence-electron chi connectivity index (χ4n) is 3.56. The molecule has 110 valence electrons. The molecule has 0 aromatic rings. The molecule has 2 aliphatic heterocycles. The van der Waals surface area contributed by atoms with E-state index in [0.717, 1.165) is 50.9 Å². The van der Waals surface area contributed by atoms with Crippen LogP contribution in [0.4, 0.5) is 0 Å². The Kier molecular flexibility index (Phi) is 6.15. The number of hydrogen-bond acceptors (Lipinski definition) is 2. The molecule has 2 atom stereocenters. The van der Waals surface area contributed by atoms with Crippen LogP contribution in [0, 0.1) is 11.8 Å². The van der Waals surface area contributed by atoms with Crippen LogP contribution in [0.5, 0.6) is 0 Å². The molecule has 0 aliphatic carbocycles. The molecule has 2 saturated heterocycles. The van der Waals surface area contributed by atoms with Gasteiger partial charge in [-0.25, -0.2) is 0 Å². The Labute approximate surface area is 118 Å². The minimum atomic E-state index is 0.407. The van der Waals surface area contributed by atoms with E-state index in [0.29, 0.717) is 5.91 Å². The summed E-state index contributed by atoms with van der Waals surface area (Å²) in [5.74, 6) is 2.01. The summed E-state index contributed by atoms with van der Waals surface area (Å²) in [6.45, 7) is 6.53. The predicted molar refractivity (Wildman–Crippen MR) is 79.0 cm³/mol. The van der Waals surface area contributed by atoms with E-state index in [1.54, 1.807) is 0 Å². The molecule has 0 radical (unpaired) electrons. The lowest BCUT2D eigenvalue weighted by molar-refractivity contribution is -0.131. The second-order valence-corrected chi connectivity index (χ2v) is 6.36. The minimum Gasteiger partial charge on any atom is -0.343 e. The van der Waals surface area contributed by atoms with Crippen LogP contribution in [-0.4, -0.2) is 37.0 Å². The summed E-state index contributed by atoms with van der Waals surface area (Å²) < 4.78 is 0. The number of carbonyl (C=O) groups is 1. The number of nitrogens with zero attached hydrogens (tertiary/aromatic N) is 1. The summed E-state index contributed by atoms with van der Waals surface area (Å²) in [6, 6.07) is 0. The maximum Gasteiger partial charge on any atom is 0.222 e. The summed E-state index contributed by atoms with van der Waals surface area (Å²) in [5.41, 5.74) is 0. The topological polar surface area (TPSA) is 32.3 Å². The summed E-state index contributed by atoms with van der Waals surface area (Å²) in [6.07, 6.45) is 9.50. The summed E-state index contributed by atoms with van der Waals surface area (Å²) in [4.78, 5) is 14.4. The van der Waals surface area contributed by atoms with E-state index in [4.69, 9.17) is 0 Å². The van der Waals surface area contributed by atoms with E-state index < -0.39 is 0 Å². The highest BCUT2D eigenvalue weighted by molar-refractivity contribution is 5.76. The Morgan fingerprint density at radius 2 is 2.05 bits per heavy atom. The molecule has 0 aromatic carbocycles. The molecule has 2 unspecified atom stereocenters. The highest BCUT2D eigenvalue weighted by atomic mass is 16.2. The lowest BCUT2D eigenvalue weighted by Gasteiger charge is -2.21. The number of rotatable bonds is 5. The fraction of sp³-hybridized carbons (Fsp3) is 0.938. The minimum absolute atomic E-state index is 0.407. The SMILES string of the molecule is CCCC1CCCN(C(=O)CCC2CCNC2)CC1. The van der Waals surface area contributed by atoms with E-state index in [2.05, 4.69) is 17.1 Å². The van der Waals surface area contributed by atoms with E-state index in [1.165, 1.54) is 38.5 Å². The summed E-state index contributed by atoms with van der Waals surface area (Å²) in [7, 11) is 0. The van der Waals surface area contributed by atoms with Gasteiger partial charge in [0.15, 0.2) is 0 Å². The third-order valence-electron chi connectivity index (χ3n) is 4.83. The molecule has 1 N–H and O–H groups in total. The van der Waals surface area contributed by atoms with Crippen molar-refractivity contribution < 1.29 is 4.79 Å². The molecular weight excluding hydrogens is 236 g/mol. The first kappa shape index (κ1) is 14.8. The predicted octanol–water partition coefficient (Wildman–Crippen LogP) is 2.80. The molecule has 0 spiro atoms. The van der Waals surface area contributed by atoms with Crippen molar-refractivity contribution in [3.8, 4) is 0 Å². The van der Waals surface area contributed by atoms with E-state index in [1.807, 2.05) is 0 Å².